The maximum Gasteiger partial charge on any atom is 0.123 e. The van der Waals surface area contributed by atoms with Crippen molar-refractivity contribution < 1.29 is 9.13 Å². The van der Waals surface area contributed by atoms with E-state index in [2.05, 4.69) is 18.2 Å². The molecule has 2 aromatic rings. The zero-order valence-corrected chi connectivity index (χ0v) is 10.2. The van der Waals surface area contributed by atoms with Crippen molar-refractivity contribution >= 4 is 0 Å². The number of benzene rings is 2. The molecule has 0 N–H and O–H groups in total. The van der Waals surface area contributed by atoms with Crippen LogP contribution in [-0.4, -0.2) is 0 Å². The first-order valence-electron chi connectivity index (χ1n) is 6.30. The maximum atomic E-state index is 12.7. The molecule has 0 bridgehead atoms. The molecule has 0 spiro atoms. The van der Waals surface area contributed by atoms with Gasteiger partial charge in [0.25, 0.3) is 0 Å². The van der Waals surface area contributed by atoms with Crippen molar-refractivity contribution in [3.63, 3.8) is 0 Å². The van der Waals surface area contributed by atoms with Crippen LogP contribution in [0.4, 0.5) is 4.39 Å². The Bertz CT molecular complexity index is 546. The van der Waals surface area contributed by atoms with Crippen LogP contribution < -0.4 is 4.74 Å². The monoisotopic (exact) mass is 242 g/mol. The number of hydrogen-bond acceptors (Lipinski definition) is 1. The summed E-state index contributed by atoms with van der Waals surface area (Å²) in [5.41, 5.74) is 4.11. The summed E-state index contributed by atoms with van der Waals surface area (Å²) >= 11 is 0. The van der Waals surface area contributed by atoms with Gasteiger partial charge in [-0.25, -0.2) is 4.39 Å². The highest BCUT2D eigenvalue weighted by Gasteiger charge is 2.10. The molecule has 0 aliphatic heterocycles. The quantitative estimate of drug-likeness (QED) is 0.793. The SMILES string of the molecule is Fc1ccc(OCc2ccc3c(c2)CCC3)cc1. The van der Waals surface area contributed by atoms with Gasteiger partial charge >= 0.3 is 0 Å². The molecule has 0 fully saturated rings. The van der Waals surface area contributed by atoms with Gasteiger partial charge in [-0.2, -0.15) is 0 Å². The minimum absolute atomic E-state index is 0.236. The standard InChI is InChI=1S/C16H15FO/c17-15-6-8-16(9-7-15)18-11-12-4-5-13-2-1-3-14(13)10-12/h4-10H,1-3,11H2. The molecule has 3 rings (SSSR count). The number of rotatable bonds is 3. The molecule has 0 saturated heterocycles. The van der Waals surface area contributed by atoms with Crippen molar-refractivity contribution in [1.82, 2.24) is 0 Å². The van der Waals surface area contributed by atoms with Gasteiger partial charge in [-0.15, -0.1) is 0 Å². The van der Waals surface area contributed by atoms with Crippen LogP contribution in [0.25, 0.3) is 0 Å². The highest BCUT2D eigenvalue weighted by molar-refractivity contribution is 5.35. The zero-order valence-electron chi connectivity index (χ0n) is 10.2. The lowest BCUT2D eigenvalue weighted by Crippen LogP contribution is -1.96. The molecule has 18 heavy (non-hydrogen) atoms. The maximum absolute atomic E-state index is 12.7. The van der Waals surface area contributed by atoms with Gasteiger partial charge in [-0.05, 0) is 60.2 Å². The number of halogens is 1. The van der Waals surface area contributed by atoms with Crippen LogP contribution in [0, 0.1) is 5.82 Å². The Morgan fingerprint density at radius 2 is 1.72 bits per heavy atom. The van der Waals surface area contributed by atoms with Gasteiger partial charge in [0.1, 0.15) is 18.2 Å². The molecular weight excluding hydrogens is 227 g/mol. The van der Waals surface area contributed by atoms with E-state index >= 15 is 0 Å². The van der Waals surface area contributed by atoms with E-state index in [4.69, 9.17) is 4.74 Å². The molecule has 1 nitrogen and oxygen atoms in total. The summed E-state index contributed by atoms with van der Waals surface area (Å²) < 4.78 is 18.4. The molecule has 1 aliphatic carbocycles. The molecule has 92 valence electrons. The fourth-order valence-electron chi connectivity index (χ4n) is 2.41. The lowest BCUT2D eigenvalue weighted by atomic mass is 10.1. The van der Waals surface area contributed by atoms with Crippen molar-refractivity contribution in [1.29, 1.82) is 0 Å². The number of fused-ring (bicyclic) bond motifs is 1. The average molecular weight is 242 g/mol. The first kappa shape index (κ1) is 11.3. The second-order valence-electron chi connectivity index (χ2n) is 4.70. The summed E-state index contributed by atoms with van der Waals surface area (Å²) in [7, 11) is 0. The Balaban J connectivity index is 1.68. The third-order valence-corrected chi connectivity index (χ3v) is 3.38. The van der Waals surface area contributed by atoms with Crippen LogP contribution >= 0.6 is 0 Å². The Labute approximate surface area is 106 Å². The third kappa shape index (κ3) is 2.37. The number of hydrogen-bond donors (Lipinski definition) is 0. The second-order valence-corrected chi connectivity index (χ2v) is 4.70. The van der Waals surface area contributed by atoms with Crippen LogP contribution in [-0.2, 0) is 19.4 Å². The lowest BCUT2D eigenvalue weighted by Gasteiger charge is -2.08. The Morgan fingerprint density at radius 3 is 2.56 bits per heavy atom. The van der Waals surface area contributed by atoms with Crippen LogP contribution in [0.2, 0.25) is 0 Å². The van der Waals surface area contributed by atoms with Gasteiger partial charge in [-0.3, -0.25) is 0 Å². The summed E-state index contributed by atoms with van der Waals surface area (Å²) in [6.45, 7) is 0.541. The fraction of sp³-hybridized carbons (Fsp3) is 0.250. The van der Waals surface area contributed by atoms with E-state index < -0.39 is 0 Å². The molecular formula is C16H15FO. The van der Waals surface area contributed by atoms with Gasteiger partial charge in [0, 0.05) is 0 Å². The first-order valence-corrected chi connectivity index (χ1v) is 6.30. The molecule has 0 heterocycles. The van der Waals surface area contributed by atoms with Gasteiger partial charge < -0.3 is 4.74 Å². The van der Waals surface area contributed by atoms with Gasteiger partial charge in [0.05, 0.1) is 0 Å². The molecule has 0 amide bonds. The number of aryl methyl sites for hydroxylation is 2. The third-order valence-electron chi connectivity index (χ3n) is 3.38. The highest BCUT2D eigenvalue weighted by atomic mass is 19.1. The van der Waals surface area contributed by atoms with Crippen LogP contribution in [0.5, 0.6) is 5.75 Å². The largest absolute Gasteiger partial charge is 0.489 e. The van der Waals surface area contributed by atoms with Crippen LogP contribution in [0.3, 0.4) is 0 Å². The molecule has 2 heteroatoms. The van der Waals surface area contributed by atoms with Crippen molar-refractivity contribution in [2.24, 2.45) is 0 Å². The van der Waals surface area contributed by atoms with E-state index in [1.165, 1.54) is 48.1 Å². The lowest BCUT2D eigenvalue weighted by molar-refractivity contribution is 0.305. The second kappa shape index (κ2) is 4.81. The van der Waals surface area contributed by atoms with E-state index in [-0.39, 0.29) is 5.82 Å². The summed E-state index contributed by atoms with van der Waals surface area (Å²) in [4.78, 5) is 0. The van der Waals surface area contributed by atoms with Crippen LogP contribution in [0.1, 0.15) is 23.1 Å². The van der Waals surface area contributed by atoms with E-state index in [0.29, 0.717) is 12.4 Å². The van der Waals surface area contributed by atoms with E-state index in [9.17, 15) is 4.39 Å². The summed E-state index contributed by atoms with van der Waals surface area (Å²) in [6.07, 6.45) is 3.64. The van der Waals surface area contributed by atoms with Gasteiger partial charge in [0.15, 0.2) is 0 Å². The van der Waals surface area contributed by atoms with Crippen molar-refractivity contribution in [3.8, 4) is 5.75 Å². The zero-order chi connectivity index (χ0) is 12.4. The molecule has 0 atom stereocenters. The van der Waals surface area contributed by atoms with Crippen molar-refractivity contribution in [3.05, 3.63) is 65.0 Å². The van der Waals surface area contributed by atoms with E-state index in [0.717, 1.165) is 0 Å². The predicted octanol–water partition coefficient (Wildman–Crippen LogP) is 3.89. The van der Waals surface area contributed by atoms with Crippen LogP contribution in [0.15, 0.2) is 42.5 Å². The molecule has 0 unspecified atom stereocenters. The van der Waals surface area contributed by atoms with E-state index in [1.54, 1.807) is 12.1 Å². The van der Waals surface area contributed by atoms with E-state index in [1.807, 2.05) is 0 Å². The van der Waals surface area contributed by atoms with Gasteiger partial charge in [0.2, 0.25) is 0 Å². The fourth-order valence-corrected chi connectivity index (χ4v) is 2.41. The first-order chi connectivity index (χ1) is 8.81. The average Bonchev–Trinajstić information content (AvgIpc) is 2.85. The smallest absolute Gasteiger partial charge is 0.123 e. The highest BCUT2D eigenvalue weighted by Crippen LogP contribution is 2.23. The summed E-state index contributed by atoms with van der Waals surface area (Å²) in [5, 5.41) is 0. The Kier molecular flexibility index (Phi) is 3.01. The molecule has 2 aromatic carbocycles. The molecule has 0 aromatic heterocycles. The molecule has 1 aliphatic rings. The minimum Gasteiger partial charge on any atom is -0.489 e. The normalized spacial score (nSPS) is 13.4. The molecule has 0 radical (unpaired) electrons. The van der Waals surface area contributed by atoms with Crippen molar-refractivity contribution in [2.75, 3.05) is 0 Å². The predicted molar refractivity (Wildman–Crippen MR) is 69.2 cm³/mol. The minimum atomic E-state index is -0.236. The molecule has 0 saturated carbocycles. The number of ether oxygens (including phenoxy) is 1. The Morgan fingerprint density at radius 1 is 0.944 bits per heavy atom. The summed E-state index contributed by atoms with van der Waals surface area (Å²) in [6, 6.07) is 12.7. The Hall–Kier alpha value is -1.83. The van der Waals surface area contributed by atoms with Gasteiger partial charge in [-0.1, -0.05) is 18.2 Å². The summed E-state index contributed by atoms with van der Waals surface area (Å²) in [5.74, 6) is 0.469. The topological polar surface area (TPSA) is 9.23 Å². The van der Waals surface area contributed by atoms with Crippen molar-refractivity contribution in [2.45, 2.75) is 25.9 Å².